The topological polar surface area (TPSA) is 119 Å². The molecule has 3 rings (SSSR count). The number of amides is 1. The van der Waals surface area contributed by atoms with Gasteiger partial charge in [-0.1, -0.05) is 30.3 Å². The molecule has 2 aromatic carbocycles. The highest BCUT2D eigenvalue weighted by atomic mass is 16.6. The van der Waals surface area contributed by atoms with Crippen molar-refractivity contribution in [2.75, 3.05) is 16.0 Å². The third kappa shape index (κ3) is 6.93. The molecule has 0 saturated heterocycles. The largest absolute Gasteiger partial charge is 0.444 e. The molecule has 0 fully saturated rings. The van der Waals surface area contributed by atoms with Crippen molar-refractivity contribution >= 4 is 46.3 Å². The first kappa shape index (κ1) is 24.5. The van der Waals surface area contributed by atoms with Crippen molar-refractivity contribution in [1.29, 1.82) is 0 Å². The third-order valence-corrected chi connectivity index (χ3v) is 4.56. The number of hydrogen-bond donors (Lipinski definition) is 3. The minimum atomic E-state index is -1.14. The van der Waals surface area contributed by atoms with Gasteiger partial charge in [-0.15, -0.1) is 0 Å². The zero-order valence-electron chi connectivity index (χ0n) is 19.5. The quantitative estimate of drug-likeness (QED) is 0.249. The monoisotopic (exact) mass is 464 g/mol. The number of anilines is 3. The minimum Gasteiger partial charge on any atom is -0.444 e. The van der Waals surface area contributed by atoms with Gasteiger partial charge in [0.15, 0.2) is 6.29 Å². The molecule has 0 aliphatic heterocycles. The molecular formula is C25H28N4O5. The molecule has 34 heavy (non-hydrogen) atoms. The van der Waals surface area contributed by atoms with E-state index >= 15 is 0 Å². The lowest BCUT2D eigenvalue weighted by Crippen LogP contribution is -2.27. The number of ether oxygens (including phenoxy) is 2. The number of benzene rings is 2. The average molecular weight is 465 g/mol. The number of nitrogens with zero attached hydrogens (tertiary/aromatic N) is 1. The van der Waals surface area contributed by atoms with Gasteiger partial charge in [0.1, 0.15) is 5.60 Å². The van der Waals surface area contributed by atoms with Crippen LogP contribution in [0.3, 0.4) is 0 Å². The Kier molecular flexibility index (Phi) is 7.68. The van der Waals surface area contributed by atoms with Gasteiger partial charge in [0.25, 0.3) is 0 Å². The first-order valence-electron chi connectivity index (χ1n) is 10.7. The van der Waals surface area contributed by atoms with E-state index < -0.39 is 23.9 Å². The lowest BCUT2D eigenvalue weighted by molar-refractivity contribution is -0.147. The Morgan fingerprint density at radius 2 is 1.79 bits per heavy atom. The van der Waals surface area contributed by atoms with Crippen LogP contribution in [0.15, 0.2) is 54.7 Å². The molecule has 9 heteroatoms. The van der Waals surface area contributed by atoms with Crippen molar-refractivity contribution in [3.8, 4) is 0 Å². The SMILES string of the molecule is CC(=O)OC(C=O)Nc1cnc2ccccc2c1NCc1ccc(NC(=O)OC(C)(C)C)cc1. The molecule has 3 N–H and O–H groups in total. The van der Waals surface area contributed by atoms with E-state index in [2.05, 4.69) is 20.9 Å². The van der Waals surface area contributed by atoms with E-state index in [1.165, 1.54) is 6.92 Å². The second kappa shape index (κ2) is 10.7. The fourth-order valence-corrected chi connectivity index (χ4v) is 3.18. The van der Waals surface area contributed by atoms with E-state index in [1.807, 2.05) is 36.4 Å². The summed E-state index contributed by atoms with van der Waals surface area (Å²) < 4.78 is 10.3. The Morgan fingerprint density at radius 3 is 2.44 bits per heavy atom. The number of aromatic nitrogens is 1. The molecule has 3 aromatic rings. The highest BCUT2D eigenvalue weighted by molar-refractivity contribution is 5.98. The Balaban J connectivity index is 1.76. The van der Waals surface area contributed by atoms with Gasteiger partial charge in [-0.05, 0) is 44.5 Å². The number of esters is 1. The number of hydrogen-bond acceptors (Lipinski definition) is 8. The Bertz CT molecular complexity index is 1170. The molecule has 0 bridgehead atoms. The first-order chi connectivity index (χ1) is 16.1. The molecule has 0 radical (unpaired) electrons. The molecular weight excluding hydrogens is 436 g/mol. The fourth-order valence-electron chi connectivity index (χ4n) is 3.18. The van der Waals surface area contributed by atoms with Gasteiger partial charge in [-0.3, -0.25) is 19.9 Å². The lowest BCUT2D eigenvalue weighted by atomic mass is 10.1. The summed E-state index contributed by atoms with van der Waals surface area (Å²) in [6.45, 7) is 7.09. The number of para-hydroxylation sites is 1. The molecule has 0 aliphatic carbocycles. The molecule has 1 unspecified atom stereocenters. The van der Waals surface area contributed by atoms with E-state index in [0.717, 1.165) is 16.5 Å². The fraction of sp³-hybridized carbons (Fsp3) is 0.280. The molecule has 1 aromatic heterocycles. The molecule has 1 amide bonds. The van der Waals surface area contributed by atoms with E-state index in [9.17, 15) is 14.4 Å². The lowest BCUT2D eigenvalue weighted by Gasteiger charge is -2.20. The number of aldehydes is 1. The van der Waals surface area contributed by atoms with Crippen LogP contribution in [0.5, 0.6) is 0 Å². The van der Waals surface area contributed by atoms with Crippen molar-refractivity contribution in [1.82, 2.24) is 4.98 Å². The summed E-state index contributed by atoms with van der Waals surface area (Å²) in [5, 5.41) is 9.82. The molecule has 1 atom stereocenters. The van der Waals surface area contributed by atoms with Gasteiger partial charge in [0, 0.05) is 24.5 Å². The van der Waals surface area contributed by atoms with Crippen LogP contribution in [-0.2, 0) is 25.6 Å². The van der Waals surface area contributed by atoms with Gasteiger partial charge < -0.3 is 20.1 Å². The maximum Gasteiger partial charge on any atom is 0.412 e. The van der Waals surface area contributed by atoms with Crippen molar-refractivity contribution < 1.29 is 23.9 Å². The second-order valence-corrected chi connectivity index (χ2v) is 8.55. The average Bonchev–Trinajstić information content (AvgIpc) is 2.77. The molecule has 0 saturated carbocycles. The van der Waals surface area contributed by atoms with Crippen molar-refractivity contribution in [2.24, 2.45) is 0 Å². The number of nitrogens with one attached hydrogen (secondary N) is 3. The zero-order chi connectivity index (χ0) is 24.7. The standard InChI is InChI=1S/C25H28N4O5/c1-16(31)33-22(15-30)29-21-14-26-20-8-6-5-7-19(20)23(21)27-13-17-9-11-18(12-10-17)28-24(32)34-25(2,3)4/h5-12,14-15,22,29H,13H2,1-4H3,(H,26,27)(H,28,32). The van der Waals surface area contributed by atoms with E-state index in [-0.39, 0.29) is 0 Å². The first-order valence-corrected chi connectivity index (χ1v) is 10.7. The Hall–Kier alpha value is -4.14. The number of pyridine rings is 1. The summed E-state index contributed by atoms with van der Waals surface area (Å²) in [6, 6.07) is 14.9. The van der Waals surface area contributed by atoms with Crippen LogP contribution < -0.4 is 16.0 Å². The minimum absolute atomic E-state index is 0.453. The van der Waals surface area contributed by atoms with Gasteiger partial charge in [0.05, 0.1) is 23.1 Å². The van der Waals surface area contributed by atoms with Crippen LogP contribution in [0.1, 0.15) is 33.3 Å². The summed E-state index contributed by atoms with van der Waals surface area (Å²) in [7, 11) is 0. The van der Waals surface area contributed by atoms with E-state index in [0.29, 0.717) is 29.9 Å². The third-order valence-electron chi connectivity index (χ3n) is 4.56. The van der Waals surface area contributed by atoms with Crippen LogP contribution in [0.2, 0.25) is 0 Å². The maximum absolute atomic E-state index is 12.0. The Labute approximate surface area is 197 Å². The van der Waals surface area contributed by atoms with E-state index in [4.69, 9.17) is 9.47 Å². The molecule has 9 nitrogen and oxygen atoms in total. The van der Waals surface area contributed by atoms with Crippen molar-refractivity contribution in [2.45, 2.75) is 46.1 Å². The van der Waals surface area contributed by atoms with Gasteiger partial charge in [0.2, 0.25) is 6.23 Å². The highest BCUT2D eigenvalue weighted by Gasteiger charge is 2.17. The van der Waals surface area contributed by atoms with Gasteiger partial charge >= 0.3 is 12.1 Å². The molecule has 0 spiro atoms. The summed E-state index contributed by atoms with van der Waals surface area (Å²) in [5.41, 5.74) is 2.98. The normalized spacial score (nSPS) is 11.9. The predicted molar refractivity (Wildman–Crippen MR) is 131 cm³/mol. The number of carbonyl (C=O) groups is 3. The van der Waals surface area contributed by atoms with Crippen LogP contribution in [0.25, 0.3) is 10.9 Å². The number of fused-ring (bicyclic) bond motifs is 1. The van der Waals surface area contributed by atoms with Crippen LogP contribution in [0.4, 0.5) is 21.9 Å². The second-order valence-electron chi connectivity index (χ2n) is 8.55. The summed E-state index contributed by atoms with van der Waals surface area (Å²) in [4.78, 5) is 39.0. The van der Waals surface area contributed by atoms with Crippen LogP contribution in [0, 0.1) is 0 Å². The van der Waals surface area contributed by atoms with Crippen molar-refractivity contribution in [3.05, 3.63) is 60.3 Å². The summed E-state index contributed by atoms with van der Waals surface area (Å²) >= 11 is 0. The summed E-state index contributed by atoms with van der Waals surface area (Å²) in [6.07, 6.45) is 0.434. The van der Waals surface area contributed by atoms with Gasteiger partial charge in [-0.2, -0.15) is 0 Å². The van der Waals surface area contributed by atoms with Crippen LogP contribution in [-0.4, -0.2) is 35.2 Å². The summed E-state index contributed by atoms with van der Waals surface area (Å²) in [5.74, 6) is -0.576. The molecule has 0 aliphatic rings. The highest BCUT2D eigenvalue weighted by Crippen LogP contribution is 2.31. The van der Waals surface area contributed by atoms with Crippen molar-refractivity contribution in [3.63, 3.8) is 0 Å². The predicted octanol–water partition coefficient (Wildman–Crippen LogP) is 4.69. The smallest absolute Gasteiger partial charge is 0.412 e. The van der Waals surface area contributed by atoms with Crippen LogP contribution >= 0.6 is 0 Å². The molecule has 1 heterocycles. The zero-order valence-corrected chi connectivity index (χ0v) is 19.5. The number of rotatable bonds is 8. The van der Waals surface area contributed by atoms with E-state index in [1.54, 1.807) is 39.1 Å². The van der Waals surface area contributed by atoms with Gasteiger partial charge in [-0.25, -0.2) is 4.79 Å². The Morgan fingerprint density at radius 1 is 1.09 bits per heavy atom. The molecule has 178 valence electrons. The number of carbonyl (C=O) groups excluding carboxylic acids is 3. The maximum atomic E-state index is 12.0.